The van der Waals surface area contributed by atoms with Gasteiger partial charge in [-0.1, -0.05) is 159 Å². The van der Waals surface area contributed by atoms with Crippen molar-refractivity contribution in [1.82, 2.24) is 14.1 Å². The lowest BCUT2D eigenvalue weighted by Gasteiger charge is -2.28. The average molecular weight is 892 g/mol. The molecule has 0 aliphatic carbocycles. The number of ether oxygens (including phenoxy) is 1. The summed E-state index contributed by atoms with van der Waals surface area (Å²) < 4.78 is 14.4. The molecule has 68 heavy (non-hydrogen) atoms. The van der Waals surface area contributed by atoms with Crippen LogP contribution in [0.2, 0.25) is 0 Å². The number of hydrogen-bond donors (Lipinski definition) is 0. The lowest BCUT2D eigenvalue weighted by molar-refractivity contribution is -0.568. The fraction of sp³-hybridized carbons (Fsp3) is 0.238. The van der Waals surface area contributed by atoms with Crippen LogP contribution in [0.25, 0.3) is 72.3 Å². The van der Waals surface area contributed by atoms with Crippen molar-refractivity contribution in [2.45, 2.75) is 99.3 Å². The van der Waals surface area contributed by atoms with Crippen molar-refractivity contribution < 1.29 is 9.30 Å². The molecule has 5 nitrogen and oxygen atoms in total. The van der Waals surface area contributed by atoms with Gasteiger partial charge in [-0.25, -0.2) is 4.98 Å². The predicted octanol–water partition coefficient (Wildman–Crippen LogP) is 16.3. The monoisotopic (exact) mass is 891 g/mol. The summed E-state index contributed by atoms with van der Waals surface area (Å²) in [5.74, 6) is 2.49. The number of rotatable bonds is 7. The van der Waals surface area contributed by atoms with Gasteiger partial charge < -0.3 is 4.74 Å². The lowest BCUT2D eigenvalue weighted by Crippen LogP contribution is -2.31. The highest BCUT2D eigenvalue weighted by Gasteiger charge is 2.33. The van der Waals surface area contributed by atoms with E-state index < -0.39 is 0 Å². The van der Waals surface area contributed by atoms with E-state index in [4.69, 9.17) is 9.72 Å². The molecule has 3 aromatic heterocycles. The SMILES string of the molecule is Cc1cc(C)c(-[n+]2cn(-c3cc(Oc4ccc5c6ccccc6n(-c6cc(C(C)(C)C)ccn6)c5c4)c(C(C)(C)C)cc3C(C)(C)C)c3cc(-c4ccccc4)c(-c4ccccc4)cc32)c(C)c1. The van der Waals surface area contributed by atoms with Gasteiger partial charge in [0.2, 0.25) is 0 Å². The third kappa shape index (κ3) is 7.98. The Kier molecular flexibility index (Phi) is 10.8. The van der Waals surface area contributed by atoms with Crippen molar-refractivity contribution in [3.05, 3.63) is 198 Å². The van der Waals surface area contributed by atoms with E-state index in [0.29, 0.717) is 0 Å². The summed E-state index contributed by atoms with van der Waals surface area (Å²) >= 11 is 0. The summed E-state index contributed by atoms with van der Waals surface area (Å²) in [6.07, 6.45) is 4.25. The molecule has 7 aromatic carbocycles. The Bertz CT molecular complexity index is 3530. The smallest absolute Gasteiger partial charge is 0.255 e. The number of aromatic nitrogens is 4. The van der Waals surface area contributed by atoms with E-state index in [9.17, 15) is 0 Å². The molecule has 0 saturated heterocycles. The fourth-order valence-electron chi connectivity index (χ4n) is 10.3. The molecule has 0 aliphatic rings. The number of hydrogen-bond acceptors (Lipinski definition) is 2. The van der Waals surface area contributed by atoms with Gasteiger partial charge in [0, 0.05) is 40.2 Å². The first-order valence-electron chi connectivity index (χ1n) is 24.0. The Morgan fingerprint density at radius 1 is 0.515 bits per heavy atom. The fourth-order valence-corrected chi connectivity index (χ4v) is 10.3. The van der Waals surface area contributed by atoms with Crippen LogP contribution in [0, 0.1) is 20.8 Å². The Balaban J connectivity index is 1.24. The molecule has 0 radical (unpaired) electrons. The minimum Gasteiger partial charge on any atom is -0.457 e. The van der Waals surface area contributed by atoms with Crippen molar-refractivity contribution >= 4 is 32.8 Å². The molecule has 10 rings (SSSR count). The molecule has 340 valence electrons. The standard InChI is InChI=1S/C63H63N4O/c1-40-31-41(2)60(42(3)32-40)66-39-65(56-35-49(43-21-15-13-16-22-43)50(36-57(56)66)44-23-17-14-18-24-44)55-38-58(52(63(10,11)12)37-51(55)62(7,8)9)68-46-27-28-48-47-25-19-20-26-53(47)67(54(48)34-46)59-33-45(29-30-64-59)61(4,5)6/h13-39H,1-12H3/q+1. The summed E-state index contributed by atoms with van der Waals surface area (Å²) in [5, 5.41) is 2.34. The van der Waals surface area contributed by atoms with Crippen molar-refractivity contribution in [1.29, 1.82) is 0 Å². The molecular weight excluding hydrogens is 829 g/mol. The van der Waals surface area contributed by atoms with Gasteiger partial charge in [0.25, 0.3) is 6.33 Å². The van der Waals surface area contributed by atoms with Crippen LogP contribution in [0.3, 0.4) is 0 Å². The van der Waals surface area contributed by atoms with Crippen LogP contribution < -0.4 is 9.30 Å². The van der Waals surface area contributed by atoms with Crippen LogP contribution in [-0.2, 0) is 16.2 Å². The summed E-state index contributed by atoms with van der Waals surface area (Å²) in [7, 11) is 0. The molecule has 0 fully saturated rings. The number of imidazole rings is 1. The second-order valence-electron chi connectivity index (χ2n) is 21.9. The summed E-state index contributed by atoms with van der Waals surface area (Å²) in [5.41, 5.74) is 18.3. The number of nitrogens with zero attached hydrogens (tertiary/aromatic N) is 4. The van der Waals surface area contributed by atoms with E-state index in [1.807, 2.05) is 6.20 Å². The van der Waals surface area contributed by atoms with Crippen LogP contribution in [0.15, 0.2) is 164 Å². The number of para-hydroxylation sites is 1. The molecule has 0 amide bonds. The third-order valence-corrected chi connectivity index (χ3v) is 13.6. The predicted molar refractivity (Wildman–Crippen MR) is 285 cm³/mol. The number of aryl methyl sites for hydroxylation is 3. The minimum atomic E-state index is -0.232. The highest BCUT2D eigenvalue weighted by atomic mass is 16.5. The van der Waals surface area contributed by atoms with Crippen LogP contribution in [-0.4, -0.2) is 14.1 Å². The molecule has 0 N–H and O–H groups in total. The van der Waals surface area contributed by atoms with Crippen LogP contribution in [0.5, 0.6) is 11.5 Å². The quantitative estimate of drug-likeness (QED) is 0.149. The minimum absolute atomic E-state index is 0.0274. The van der Waals surface area contributed by atoms with Crippen molar-refractivity contribution in [2.24, 2.45) is 0 Å². The van der Waals surface area contributed by atoms with Crippen LogP contribution in [0.4, 0.5) is 0 Å². The number of benzene rings is 7. The van der Waals surface area contributed by atoms with Gasteiger partial charge >= 0.3 is 0 Å². The van der Waals surface area contributed by atoms with Gasteiger partial charge in [-0.15, -0.1) is 0 Å². The largest absolute Gasteiger partial charge is 0.457 e. The summed E-state index contributed by atoms with van der Waals surface area (Å²) in [6, 6.07) is 55.3. The molecular formula is C63H63N4O+. The highest BCUT2D eigenvalue weighted by molar-refractivity contribution is 6.09. The van der Waals surface area contributed by atoms with Gasteiger partial charge in [0.05, 0.1) is 11.0 Å². The Morgan fingerprint density at radius 2 is 1.12 bits per heavy atom. The van der Waals surface area contributed by atoms with Crippen LogP contribution in [0.1, 0.15) is 95.7 Å². The van der Waals surface area contributed by atoms with E-state index >= 15 is 0 Å². The number of fused-ring (bicyclic) bond motifs is 4. The van der Waals surface area contributed by atoms with E-state index in [1.165, 1.54) is 61.1 Å². The van der Waals surface area contributed by atoms with E-state index in [2.05, 4.69) is 255 Å². The normalized spacial score (nSPS) is 12.4. The second-order valence-corrected chi connectivity index (χ2v) is 21.9. The Hall–Kier alpha value is -7.24. The first kappa shape index (κ1) is 44.6. The van der Waals surface area contributed by atoms with Gasteiger partial charge in [0.15, 0.2) is 11.0 Å². The van der Waals surface area contributed by atoms with Gasteiger partial charge in [0.1, 0.15) is 28.7 Å². The van der Waals surface area contributed by atoms with Crippen molar-refractivity contribution in [3.8, 4) is 50.9 Å². The summed E-state index contributed by atoms with van der Waals surface area (Å²) in [4.78, 5) is 4.96. The van der Waals surface area contributed by atoms with Gasteiger partial charge in [-0.05, 0) is 124 Å². The van der Waals surface area contributed by atoms with Gasteiger partial charge in [-0.3, -0.25) is 4.57 Å². The average Bonchev–Trinajstić information content (AvgIpc) is 3.82. The Labute approximate surface area is 402 Å². The lowest BCUT2D eigenvalue weighted by atomic mass is 9.79. The molecule has 3 heterocycles. The highest BCUT2D eigenvalue weighted by Crippen LogP contribution is 2.44. The molecule has 0 aliphatic heterocycles. The van der Waals surface area contributed by atoms with E-state index in [1.54, 1.807) is 0 Å². The van der Waals surface area contributed by atoms with Gasteiger partial charge in [-0.2, -0.15) is 9.13 Å². The maximum atomic E-state index is 7.31. The third-order valence-electron chi connectivity index (χ3n) is 13.6. The first-order valence-corrected chi connectivity index (χ1v) is 24.0. The van der Waals surface area contributed by atoms with Crippen LogP contribution >= 0.6 is 0 Å². The Morgan fingerprint density at radius 3 is 1.75 bits per heavy atom. The summed E-state index contributed by atoms with van der Waals surface area (Å²) in [6.45, 7) is 27.2. The first-order chi connectivity index (χ1) is 32.3. The van der Waals surface area contributed by atoms with E-state index in [0.717, 1.165) is 56.0 Å². The van der Waals surface area contributed by atoms with Crippen molar-refractivity contribution in [3.63, 3.8) is 0 Å². The zero-order valence-electron chi connectivity index (χ0n) is 41.8. The molecule has 0 atom stereocenters. The molecule has 0 bridgehead atoms. The second kappa shape index (κ2) is 16.5. The molecule has 5 heteroatoms. The molecule has 0 unspecified atom stereocenters. The zero-order valence-corrected chi connectivity index (χ0v) is 41.8. The maximum absolute atomic E-state index is 7.31. The van der Waals surface area contributed by atoms with E-state index in [-0.39, 0.29) is 16.2 Å². The maximum Gasteiger partial charge on any atom is 0.255 e. The van der Waals surface area contributed by atoms with Crippen molar-refractivity contribution in [2.75, 3.05) is 0 Å². The topological polar surface area (TPSA) is 35.9 Å². The number of pyridine rings is 1. The molecule has 0 spiro atoms. The molecule has 0 saturated carbocycles. The molecule has 10 aromatic rings. The zero-order chi connectivity index (χ0) is 47.9.